The van der Waals surface area contributed by atoms with E-state index in [0.717, 1.165) is 35.7 Å². The van der Waals surface area contributed by atoms with Gasteiger partial charge >= 0.3 is 0 Å². The molecule has 1 saturated heterocycles. The minimum atomic E-state index is -0.151. The van der Waals surface area contributed by atoms with E-state index in [9.17, 15) is 9.59 Å². The Morgan fingerprint density at radius 1 is 1.13 bits per heavy atom. The molecule has 1 atom stereocenters. The molecule has 2 N–H and O–H groups in total. The van der Waals surface area contributed by atoms with Crippen LogP contribution in [0.1, 0.15) is 24.4 Å². The Hall–Kier alpha value is -2.77. The van der Waals surface area contributed by atoms with Crippen LogP contribution >= 0.6 is 11.3 Å². The monoisotopic (exact) mass is 423 g/mol. The van der Waals surface area contributed by atoms with Crippen LogP contribution in [-0.2, 0) is 16.0 Å². The number of rotatable bonds is 5. The lowest BCUT2D eigenvalue weighted by molar-refractivity contribution is -0.917. The molecule has 6 nitrogen and oxygen atoms in total. The van der Waals surface area contributed by atoms with E-state index in [2.05, 4.69) is 11.4 Å². The number of hydrogen-bond donors (Lipinski definition) is 2. The molecule has 3 aromatic rings. The minimum Gasteiger partial charge on any atom is -0.332 e. The van der Waals surface area contributed by atoms with Crippen molar-refractivity contribution in [2.24, 2.45) is 0 Å². The van der Waals surface area contributed by atoms with E-state index < -0.39 is 0 Å². The highest BCUT2D eigenvalue weighted by Crippen LogP contribution is 2.24. The average Bonchev–Trinajstić information content (AvgIpc) is 3.17. The zero-order chi connectivity index (χ0) is 21.1. The minimum absolute atomic E-state index is 0.0141. The largest absolute Gasteiger partial charge is 0.332 e. The van der Waals surface area contributed by atoms with E-state index in [-0.39, 0.29) is 17.9 Å². The highest BCUT2D eigenvalue weighted by atomic mass is 32.1. The molecule has 0 spiro atoms. The first-order valence-electron chi connectivity index (χ1n) is 10.3. The molecule has 2 heterocycles. The van der Waals surface area contributed by atoms with Gasteiger partial charge in [0.15, 0.2) is 6.04 Å². The Labute approximate surface area is 180 Å². The Bertz CT molecular complexity index is 1010. The fourth-order valence-corrected chi connectivity index (χ4v) is 4.86. The van der Waals surface area contributed by atoms with Crippen molar-refractivity contribution in [3.63, 3.8) is 0 Å². The van der Waals surface area contributed by atoms with Crippen LogP contribution in [0.25, 0.3) is 10.2 Å². The Morgan fingerprint density at radius 2 is 1.83 bits per heavy atom. The van der Waals surface area contributed by atoms with Crippen LogP contribution in [0.15, 0.2) is 48.5 Å². The number of quaternary nitrogens is 1. The molecule has 1 aliphatic heterocycles. The molecule has 30 heavy (non-hydrogen) atoms. The summed E-state index contributed by atoms with van der Waals surface area (Å²) in [5.74, 6) is 0.122. The van der Waals surface area contributed by atoms with Gasteiger partial charge in [-0.3, -0.25) is 9.59 Å². The van der Waals surface area contributed by atoms with Crippen LogP contribution in [0.2, 0.25) is 0 Å². The molecule has 1 aliphatic rings. The summed E-state index contributed by atoms with van der Waals surface area (Å²) in [6.07, 6.45) is 0.786. The van der Waals surface area contributed by atoms with Crippen molar-refractivity contribution < 1.29 is 14.5 Å². The van der Waals surface area contributed by atoms with Gasteiger partial charge in [0, 0.05) is 19.0 Å². The van der Waals surface area contributed by atoms with Crippen LogP contribution in [0.5, 0.6) is 0 Å². The van der Waals surface area contributed by atoms with Gasteiger partial charge in [-0.25, -0.2) is 4.98 Å². The first kappa shape index (κ1) is 20.5. The number of para-hydroxylation sites is 1. The van der Waals surface area contributed by atoms with Crippen LogP contribution in [0, 0.1) is 0 Å². The van der Waals surface area contributed by atoms with Crippen molar-refractivity contribution in [3.05, 3.63) is 59.1 Å². The number of nitrogens with one attached hydrogen (secondary N) is 2. The normalized spacial score (nSPS) is 15.9. The molecule has 4 rings (SSSR count). The summed E-state index contributed by atoms with van der Waals surface area (Å²) in [7, 11) is 0. The molecule has 1 fully saturated rings. The molecule has 2 amide bonds. The summed E-state index contributed by atoms with van der Waals surface area (Å²) in [6, 6.07) is 16.0. The van der Waals surface area contributed by atoms with E-state index in [1.54, 1.807) is 18.3 Å². The van der Waals surface area contributed by atoms with Gasteiger partial charge in [0.25, 0.3) is 5.91 Å². The topological polar surface area (TPSA) is 66.7 Å². The third kappa shape index (κ3) is 4.68. The number of piperazine rings is 1. The Morgan fingerprint density at radius 3 is 2.50 bits per heavy atom. The number of hydrogen-bond acceptors (Lipinski definition) is 4. The number of thiazole rings is 1. The van der Waals surface area contributed by atoms with E-state index in [1.807, 2.05) is 54.3 Å². The summed E-state index contributed by atoms with van der Waals surface area (Å²) >= 11 is 1.72. The molecule has 1 aromatic heterocycles. The fraction of sp³-hybridized carbons (Fsp3) is 0.348. The molecule has 0 bridgehead atoms. The van der Waals surface area contributed by atoms with Gasteiger partial charge in [0.2, 0.25) is 5.91 Å². The van der Waals surface area contributed by atoms with Gasteiger partial charge in [-0.15, -0.1) is 11.3 Å². The second-order valence-electron chi connectivity index (χ2n) is 7.82. The highest BCUT2D eigenvalue weighted by molar-refractivity contribution is 7.18. The number of carbonyl (C=O) groups is 2. The lowest BCUT2D eigenvalue weighted by atomic mass is 10.1. The first-order valence-corrected chi connectivity index (χ1v) is 11.2. The number of carbonyl (C=O) groups excluding carboxylic acids is 2. The maximum Gasteiger partial charge on any atom is 0.282 e. The average molecular weight is 424 g/mol. The van der Waals surface area contributed by atoms with E-state index in [0.29, 0.717) is 13.1 Å². The fourth-order valence-electron chi connectivity index (χ4n) is 3.85. The van der Waals surface area contributed by atoms with Crippen molar-refractivity contribution in [2.45, 2.75) is 26.3 Å². The Balaban J connectivity index is 1.32. The molecule has 2 aromatic carbocycles. The van der Waals surface area contributed by atoms with Crippen LogP contribution < -0.4 is 10.2 Å². The van der Waals surface area contributed by atoms with Crippen molar-refractivity contribution >= 4 is 39.1 Å². The zero-order valence-electron chi connectivity index (χ0n) is 17.4. The van der Waals surface area contributed by atoms with Gasteiger partial charge in [0.05, 0.1) is 41.4 Å². The van der Waals surface area contributed by atoms with Gasteiger partial charge in [-0.2, -0.15) is 0 Å². The van der Waals surface area contributed by atoms with Crippen LogP contribution in [-0.4, -0.2) is 53.9 Å². The van der Waals surface area contributed by atoms with Gasteiger partial charge in [-0.05, 0) is 36.8 Å². The van der Waals surface area contributed by atoms with Gasteiger partial charge in [-0.1, -0.05) is 24.3 Å². The van der Waals surface area contributed by atoms with E-state index in [4.69, 9.17) is 4.98 Å². The second-order valence-corrected chi connectivity index (χ2v) is 8.94. The number of aromatic nitrogens is 1. The Kier molecular flexibility index (Phi) is 6.11. The molecule has 0 unspecified atom stereocenters. The van der Waals surface area contributed by atoms with Crippen molar-refractivity contribution in [2.75, 3.05) is 31.5 Å². The lowest BCUT2D eigenvalue weighted by Gasteiger charge is -2.34. The third-order valence-electron chi connectivity index (χ3n) is 5.77. The number of amides is 2. The van der Waals surface area contributed by atoms with E-state index >= 15 is 0 Å². The van der Waals surface area contributed by atoms with E-state index in [1.165, 1.54) is 15.2 Å². The summed E-state index contributed by atoms with van der Waals surface area (Å²) in [6.45, 7) is 6.58. The molecule has 7 heteroatoms. The lowest BCUT2D eigenvalue weighted by Crippen LogP contribution is -3.19. The number of nitrogens with zero attached hydrogens (tertiary/aromatic N) is 2. The smallest absolute Gasteiger partial charge is 0.282 e. The number of anilines is 1. The zero-order valence-corrected chi connectivity index (χ0v) is 18.2. The third-order valence-corrected chi connectivity index (χ3v) is 6.81. The maximum absolute atomic E-state index is 12.7. The molecule has 0 saturated carbocycles. The highest BCUT2D eigenvalue weighted by Gasteiger charge is 2.29. The first-order chi connectivity index (χ1) is 14.5. The molecule has 156 valence electrons. The summed E-state index contributed by atoms with van der Waals surface area (Å²) < 4.78 is 1.21. The number of benzene rings is 2. The van der Waals surface area contributed by atoms with Crippen molar-refractivity contribution in [1.82, 2.24) is 9.88 Å². The van der Waals surface area contributed by atoms with Gasteiger partial charge in [0.1, 0.15) is 0 Å². The molecule has 0 radical (unpaired) electrons. The van der Waals surface area contributed by atoms with Crippen molar-refractivity contribution in [3.8, 4) is 0 Å². The summed E-state index contributed by atoms with van der Waals surface area (Å²) in [5, 5.41) is 4.12. The standard InChI is InChI=1S/C23H26N4O2S/c1-16(26-11-13-27(14-12-26)17(2)28)23(29)24-19-9-7-18(8-10-19)15-22-25-20-5-3-4-6-21(20)30-22/h3-10,16H,11-15H2,1-2H3,(H,24,29)/p+1/t16-/m0/s1. The summed E-state index contributed by atoms with van der Waals surface area (Å²) in [5.41, 5.74) is 3.02. The SMILES string of the molecule is CC(=O)N1CC[NH+]([C@@H](C)C(=O)Nc2ccc(Cc3nc4ccccc4s3)cc2)CC1. The van der Waals surface area contributed by atoms with Crippen LogP contribution in [0.3, 0.4) is 0 Å². The maximum atomic E-state index is 12.7. The number of fused-ring (bicyclic) bond motifs is 1. The second kappa shape index (κ2) is 8.93. The molecular formula is C23H27N4O2S+. The molecular weight excluding hydrogens is 396 g/mol. The predicted molar refractivity (Wildman–Crippen MR) is 120 cm³/mol. The quantitative estimate of drug-likeness (QED) is 0.659. The molecule has 0 aliphatic carbocycles. The van der Waals surface area contributed by atoms with Gasteiger partial charge < -0.3 is 15.1 Å². The summed E-state index contributed by atoms with van der Waals surface area (Å²) in [4.78, 5) is 31.9. The van der Waals surface area contributed by atoms with Crippen LogP contribution in [0.4, 0.5) is 5.69 Å². The predicted octanol–water partition coefficient (Wildman–Crippen LogP) is 1.96. The van der Waals surface area contributed by atoms with Crippen molar-refractivity contribution in [1.29, 1.82) is 0 Å².